The largest absolute Gasteiger partial charge is 0.341 e. The minimum atomic E-state index is -0.204. The number of aromatic amines is 1. The van der Waals surface area contributed by atoms with Gasteiger partial charge in [0.15, 0.2) is 0 Å². The fourth-order valence-electron chi connectivity index (χ4n) is 3.51. The van der Waals surface area contributed by atoms with E-state index < -0.39 is 0 Å². The van der Waals surface area contributed by atoms with Gasteiger partial charge in [0.2, 0.25) is 0 Å². The Hall–Kier alpha value is -3.48. The average molecular weight is 388 g/mol. The van der Waals surface area contributed by atoms with Crippen molar-refractivity contribution < 1.29 is 4.79 Å². The van der Waals surface area contributed by atoms with E-state index in [0.29, 0.717) is 17.3 Å². The molecule has 0 unspecified atom stereocenters. The first-order chi connectivity index (χ1) is 14.0. The summed E-state index contributed by atoms with van der Waals surface area (Å²) in [6.07, 6.45) is 4.21. The number of carbonyl (C=O) groups is 1. The maximum absolute atomic E-state index is 12.9. The third kappa shape index (κ3) is 3.89. The minimum absolute atomic E-state index is 0.203. The van der Waals surface area contributed by atoms with Crippen molar-refractivity contribution >= 4 is 16.9 Å². The zero-order valence-corrected chi connectivity index (χ0v) is 16.8. The molecule has 29 heavy (non-hydrogen) atoms. The first kappa shape index (κ1) is 18.9. The van der Waals surface area contributed by atoms with Crippen molar-refractivity contribution in [1.82, 2.24) is 30.0 Å². The van der Waals surface area contributed by atoms with Crippen molar-refractivity contribution in [3.05, 3.63) is 66.4 Å². The van der Waals surface area contributed by atoms with Crippen molar-refractivity contribution in [2.75, 3.05) is 0 Å². The average Bonchev–Trinajstić information content (AvgIpc) is 3.34. The summed E-state index contributed by atoms with van der Waals surface area (Å²) in [5, 5.41) is 10.2. The van der Waals surface area contributed by atoms with Gasteiger partial charge < -0.3 is 9.88 Å². The number of carbonyl (C=O) groups excluding carboxylic acids is 1. The molecule has 1 atom stereocenters. The number of H-pyrrole nitrogens is 1. The number of aryl methyl sites for hydroxylation is 1. The molecule has 0 bridgehead atoms. The number of hydrogen-bond donors (Lipinski definition) is 2. The van der Waals surface area contributed by atoms with Gasteiger partial charge in [-0.25, -0.2) is 4.98 Å². The third-order valence-corrected chi connectivity index (χ3v) is 4.93. The Morgan fingerprint density at radius 2 is 2.03 bits per heavy atom. The Labute approximate surface area is 169 Å². The van der Waals surface area contributed by atoms with Gasteiger partial charge in [-0.15, -0.1) is 0 Å². The number of imidazole rings is 1. The molecule has 3 heterocycles. The van der Waals surface area contributed by atoms with Crippen LogP contribution in [-0.4, -0.2) is 30.6 Å². The van der Waals surface area contributed by atoms with Crippen molar-refractivity contribution in [3.63, 3.8) is 0 Å². The quantitative estimate of drug-likeness (QED) is 0.525. The molecule has 0 spiro atoms. The predicted molar refractivity (Wildman–Crippen MR) is 112 cm³/mol. The van der Waals surface area contributed by atoms with Gasteiger partial charge in [0.05, 0.1) is 22.8 Å². The first-order valence-electron chi connectivity index (χ1n) is 9.71. The van der Waals surface area contributed by atoms with E-state index in [1.165, 1.54) is 0 Å². The second kappa shape index (κ2) is 7.87. The summed E-state index contributed by atoms with van der Waals surface area (Å²) in [4.78, 5) is 21.8. The highest BCUT2D eigenvalue weighted by molar-refractivity contribution is 5.93. The Balaban J connectivity index is 1.61. The van der Waals surface area contributed by atoms with Gasteiger partial charge in [-0.3, -0.25) is 14.9 Å². The van der Waals surface area contributed by atoms with E-state index in [0.717, 1.165) is 28.8 Å². The van der Waals surface area contributed by atoms with E-state index in [-0.39, 0.29) is 11.9 Å². The van der Waals surface area contributed by atoms with E-state index in [4.69, 9.17) is 4.98 Å². The number of amides is 1. The summed E-state index contributed by atoms with van der Waals surface area (Å²) >= 11 is 0. The Morgan fingerprint density at radius 3 is 2.76 bits per heavy atom. The van der Waals surface area contributed by atoms with E-state index in [1.807, 2.05) is 43.4 Å². The van der Waals surface area contributed by atoms with Crippen LogP contribution in [0.4, 0.5) is 0 Å². The van der Waals surface area contributed by atoms with Crippen LogP contribution >= 0.6 is 0 Å². The van der Waals surface area contributed by atoms with Crippen LogP contribution in [-0.2, 0) is 7.05 Å². The molecule has 0 radical (unpaired) electrons. The molecule has 7 nitrogen and oxygen atoms in total. The predicted octanol–water partition coefficient (Wildman–Crippen LogP) is 3.88. The Bertz CT molecular complexity index is 1130. The Morgan fingerprint density at radius 1 is 1.21 bits per heavy atom. The van der Waals surface area contributed by atoms with Gasteiger partial charge >= 0.3 is 0 Å². The molecule has 1 aromatic carbocycles. The van der Waals surface area contributed by atoms with E-state index in [9.17, 15) is 4.79 Å². The third-order valence-electron chi connectivity index (χ3n) is 4.93. The summed E-state index contributed by atoms with van der Waals surface area (Å²) in [6.45, 7) is 4.27. The van der Waals surface area contributed by atoms with Gasteiger partial charge in [0.25, 0.3) is 5.91 Å². The molecule has 3 aromatic heterocycles. The second-order valence-corrected chi connectivity index (χ2v) is 7.58. The highest BCUT2D eigenvalue weighted by Gasteiger charge is 2.23. The number of nitrogens with zero attached hydrogens (tertiary/aromatic N) is 4. The number of aromatic nitrogens is 5. The maximum Gasteiger partial charge on any atom is 0.269 e. The molecular weight excluding hydrogens is 364 g/mol. The lowest BCUT2D eigenvalue weighted by Gasteiger charge is -2.20. The molecule has 2 N–H and O–H groups in total. The molecule has 0 saturated carbocycles. The van der Waals surface area contributed by atoms with Gasteiger partial charge in [-0.1, -0.05) is 26.0 Å². The lowest BCUT2D eigenvalue weighted by Crippen LogP contribution is -2.31. The van der Waals surface area contributed by atoms with Crippen LogP contribution in [0.15, 0.2) is 54.9 Å². The number of rotatable bonds is 6. The lowest BCUT2D eigenvalue weighted by molar-refractivity contribution is 0.0924. The summed E-state index contributed by atoms with van der Waals surface area (Å²) < 4.78 is 2.05. The first-order valence-corrected chi connectivity index (χ1v) is 9.71. The number of hydrogen-bond acceptors (Lipinski definition) is 4. The molecule has 0 fully saturated rings. The molecule has 4 rings (SSSR count). The van der Waals surface area contributed by atoms with Crippen molar-refractivity contribution in [3.8, 4) is 11.3 Å². The fourth-order valence-corrected chi connectivity index (χ4v) is 3.51. The smallest absolute Gasteiger partial charge is 0.269 e. The summed E-state index contributed by atoms with van der Waals surface area (Å²) in [5.74, 6) is 1.04. The number of para-hydroxylation sites is 2. The normalized spacial score (nSPS) is 12.4. The van der Waals surface area contributed by atoms with Gasteiger partial charge in [0, 0.05) is 25.0 Å². The summed E-state index contributed by atoms with van der Waals surface area (Å²) in [5.41, 5.74) is 3.93. The molecule has 0 aliphatic rings. The molecule has 0 aliphatic carbocycles. The number of fused-ring (bicyclic) bond motifs is 1. The standard InChI is InChI=1S/C22H24N6O/c1-14(2)11-18(21-24-16-8-4-5-9-20(16)28(21)3)25-22(29)19-12-17(26-27-19)15-7-6-10-23-13-15/h4-10,12-14,18H,11H2,1-3H3,(H,25,29)(H,26,27)/t18-/m1/s1. The van der Waals surface area contributed by atoms with Crippen LogP contribution in [0.2, 0.25) is 0 Å². The van der Waals surface area contributed by atoms with Crippen LogP contribution in [0.5, 0.6) is 0 Å². The Kier molecular flexibility index (Phi) is 5.12. The van der Waals surface area contributed by atoms with Crippen LogP contribution in [0.25, 0.3) is 22.3 Å². The summed E-state index contributed by atoms with van der Waals surface area (Å²) in [6, 6.07) is 13.3. The number of benzene rings is 1. The van der Waals surface area contributed by atoms with Gasteiger partial charge in [-0.05, 0) is 42.7 Å². The lowest BCUT2D eigenvalue weighted by atomic mass is 10.0. The zero-order chi connectivity index (χ0) is 20.4. The van der Waals surface area contributed by atoms with Crippen LogP contribution in [0.1, 0.15) is 42.6 Å². The zero-order valence-electron chi connectivity index (χ0n) is 16.8. The van der Waals surface area contributed by atoms with Crippen LogP contribution in [0, 0.1) is 5.92 Å². The van der Waals surface area contributed by atoms with Crippen molar-refractivity contribution in [2.45, 2.75) is 26.3 Å². The molecule has 148 valence electrons. The maximum atomic E-state index is 12.9. The second-order valence-electron chi connectivity index (χ2n) is 7.58. The van der Waals surface area contributed by atoms with E-state index in [1.54, 1.807) is 18.5 Å². The van der Waals surface area contributed by atoms with Crippen molar-refractivity contribution in [2.24, 2.45) is 13.0 Å². The molecule has 0 saturated heterocycles. The van der Waals surface area contributed by atoms with E-state index in [2.05, 4.69) is 38.9 Å². The molecule has 4 aromatic rings. The highest BCUT2D eigenvalue weighted by Crippen LogP contribution is 2.25. The van der Waals surface area contributed by atoms with Gasteiger partial charge in [0.1, 0.15) is 11.5 Å². The molecule has 1 amide bonds. The van der Waals surface area contributed by atoms with Crippen LogP contribution < -0.4 is 5.32 Å². The number of pyridine rings is 1. The highest BCUT2D eigenvalue weighted by atomic mass is 16.2. The SMILES string of the molecule is CC(C)C[C@@H](NC(=O)c1cc(-c2cccnc2)n[nH]1)c1nc2ccccc2n1C. The number of nitrogens with one attached hydrogen (secondary N) is 2. The molecule has 7 heteroatoms. The topological polar surface area (TPSA) is 88.5 Å². The van der Waals surface area contributed by atoms with Crippen LogP contribution in [0.3, 0.4) is 0 Å². The monoisotopic (exact) mass is 388 g/mol. The minimum Gasteiger partial charge on any atom is -0.341 e. The van der Waals surface area contributed by atoms with E-state index >= 15 is 0 Å². The van der Waals surface area contributed by atoms with Crippen molar-refractivity contribution in [1.29, 1.82) is 0 Å². The summed E-state index contributed by atoms with van der Waals surface area (Å²) in [7, 11) is 1.99. The fraction of sp³-hybridized carbons (Fsp3) is 0.273. The van der Waals surface area contributed by atoms with Gasteiger partial charge in [-0.2, -0.15) is 5.10 Å². The molecule has 0 aliphatic heterocycles. The molecular formula is C22H24N6O.